The van der Waals surface area contributed by atoms with E-state index >= 15 is 0 Å². The van der Waals surface area contributed by atoms with E-state index in [0.717, 1.165) is 35.1 Å². The van der Waals surface area contributed by atoms with Crippen LogP contribution in [0.4, 0.5) is 24.8 Å². The summed E-state index contributed by atoms with van der Waals surface area (Å²) in [5.41, 5.74) is 4.18. The minimum Gasteiger partial charge on any atom is -0.450 e. The number of nitrogens with zero attached hydrogens (tertiary/aromatic N) is 4. The number of nitrogens with one attached hydrogen (secondary N) is 2. The van der Waals surface area contributed by atoms with Crippen LogP contribution >= 0.6 is 11.3 Å². The maximum absolute atomic E-state index is 13.3. The Hall–Kier alpha value is -4.25. The monoisotopic (exact) mass is 618 g/mol. The largest absolute Gasteiger partial charge is 0.450 e. The predicted octanol–water partition coefficient (Wildman–Crippen LogP) is 9.10. The molecule has 4 aromatic heterocycles. The zero-order valence-electron chi connectivity index (χ0n) is 24.8. The van der Waals surface area contributed by atoms with Gasteiger partial charge in [-0.2, -0.15) is 13.2 Å². The Morgan fingerprint density at radius 2 is 1.77 bits per heavy atom. The molecule has 7 nitrogen and oxygen atoms in total. The number of anilines is 2. The molecule has 6 rings (SSSR count). The van der Waals surface area contributed by atoms with Gasteiger partial charge in [-0.3, -0.25) is 0 Å². The summed E-state index contributed by atoms with van der Waals surface area (Å²) in [4.78, 5) is 19.5. The smallest absolute Gasteiger partial charge is 0.396 e. The first kappa shape index (κ1) is 29.8. The molecular formula is C33H33F3N6OS. The molecule has 0 aliphatic carbocycles. The Morgan fingerprint density at radius 3 is 2.55 bits per heavy atom. The van der Waals surface area contributed by atoms with Crippen molar-refractivity contribution in [3.63, 3.8) is 0 Å². The van der Waals surface area contributed by atoms with Crippen LogP contribution in [0.2, 0.25) is 0 Å². The lowest BCUT2D eigenvalue weighted by molar-refractivity contribution is -0.128. The fourth-order valence-electron chi connectivity index (χ4n) is 5.59. The molecular weight excluding hydrogens is 585 g/mol. The summed E-state index contributed by atoms with van der Waals surface area (Å²) in [5, 5.41) is 8.52. The molecule has 228 valence electrons. The van der Waals surface area contributed by atoms with E-state index in [9.17, 15) is 13.2 Å². The Morgan fingerprint density at radius 1 is 0.955 bits per heavy atom. The van der Waals surface area contributed by atoms with E-state index in [1.807, 2.05) is 56.3 Å². The molecule has 0 amide bonds. The first-order valence-electron chi connectivity index (χ1n) is 14.8. The highest BCUT2D eigenvalue weighted by molar-refractivity contribution is 7.18. The lowest BCUT2D eigenvalue weighted by atomic mass is 9.98. The van der Waals surface area contributed by atoms with Gasteiger partial charge < -0.3 is 15.1 Å². The number of alkyl halides is 3. The van der Waals surface area contributed by atoms with Gasteiger partial charge in [-0.15, -0.1) is 11.3 Å². The van der Waals surface area contributed by atoms with E-state index in [1.165, 1.54) is 16.9 Å². The van der Waals surface area contributed by atoms with E-state index in [4.69, 9.17) is 9.40 Å². The van der Waals surface area contributed by atoms with Gasteiger partial charge in [-0.1, -0.05) is 55.8 Å². The fraction of sp³-hybridized carbons (Fsp3) is 0.333. The van der Waals surface area contributed by atoms with Crippen molar-refractivity contribution in [1.82, 2.24) is 19.9 Å². The lowest BCUT2D eigenvalue weighted by Gasteiger charge is -2.21. The highest BCUT2D eigenvalue weighted by atomic mass is 32.1. The van der Waals surface area contributed by atoms with Gasteiger partial charge >= 0.3 is 6.18 Å². The Bertz CT molecular complexity index is 1920. The second-order valence-corrected chi connectivity index (χ2v) is 12.2. The van der Waals surface area contributed by atoms with Crippen LogP contribution in [0.3, 0.4) is 0 Å². The third-order valence-electron chi connectivity index (χ3n) is 7.45. The van der Waals surface area contributed by atoms with Gasteiger partial charge in [0.25, 0.3) is 0 Å². The lowest BCUT2D eigenvalue weighted by Crippen LogP contribution is -2.17. The number of fused-ring (bicyclic) bond motifs is 4. The number of halogens is 3. The number of thiophene rings is 1. The molecule has 44 heavy (non-hydrogen) atoms. The average Bonchev–Trinajstić information content (AvgIpc) is 3.54. The highest BCUT2D eigenvalue weighted by Gasteiger charge is 2.30. The number of hydrogen-bond donors (Lipinski definition) is 2. The summed E-state index contributed by atoms with van der Waals surface area (Å²) in [6.07, 6.45) is -2.19. The van der Waals surface area contributed by atoms with Crippen molar-refractivity contribution < 1.29 is 17.6 Å². The average molecular weight is 619 g/mol. The van der Waals surface area contributed by atoms with Gasteiger partial charge in [-0.05, 0) is 56.4 Å². The first-order valence-corrected chi connectivity index (χ1v) is 15.6. The van der Waals surface area contributed by atoms with Crippen molar-refractivity contribution >= 4 is 55.3 Å². The number of aryl methyl sites for hydroxylation is 3. The summed E-state index contributed by atoms with van der Waals surface area (Å²) in [7, 11) is 0. The minimum atomic E-state index is -4.41. The maximum atomic E-state index is 13.3. The number of furan rings is 1. The van der Waals surface area contributed by atoms with Crippen molar-refractivity contribution in [2.24, 2.45) is 0 Å². The normalized spacial score (nSPS) is 12.8. The molecule has 4 heterocycles. The second-order valence-electron chi connectivity index (χ2n) is 11.0. The van der Waals surface area contributed by atoms with Gasteiger partial charge in [0, 0.05) is 11.4 Å². The first-order chi connectivity index (χ1) is 21.2. The highest BCUT2D eigenvalue weighted by Crippen LogP contribution is 2.39. The van der Waals surface area contributed by atoms with Gasteiger partial charge in [0.2, 0.25) is 0 Å². The van der Waals surface area contributed by atoms with E-state index in [2.05, 4.69) is 44.6 Å². The molecule has 0 saturated heterocycles. The van der Waals surface area contributed by atoms with Crippen LogP contribution < -0.4 is 10.6 Å². The van der Waals surface area contributed by atoms with Crippen molar-refractivity contribution in [3.8, 4) is 0 Å². The van der Waals surface area contributed by atoms with Crippen molar-refractivity contribution in [1.29, 1.82) is 0 Å². The fourth-order valence-corrected chi connectivity index (χ4v) is 6.49. The summed E-state index contributed by atoms with van der Waals surface area (Å²) in [6, 6.07) is 17.9. The van der Waals surface area contributed by atoms with Crippen LogP contribution in [-0.2, 0) is 12.8 Å². The number of hydrogen-bond acceptors (Lipinski definition) is 8. The minimum absolute atomic E-state index is 0.247. The van der Waals surface area contributed by atoms with Crippen LogP contribution in [0.5, 0.6) is 0 Å². The van der Waals surface area contributed by atoms with Crippen LogP contribution in [0, 0.1) is 13.8 Å². The maximum Gasteiger partial charge on any atom is 0.396 e. The zero-order chi connectivity index (χ0) is 30.8. The molecule has 0 radical (unpaired) electrons. The standard InChI is InChI=1S/C33H33F3N6OS/c1-4-10-24(40-30-23-17-19(2)44-32(23)42-26(41-30)18-33(34,35)36)22-14-8-15-25-27(22)28-29(43-25)31(39-20(3)38-28)37-16-9-13-21-11-6-5-7-12-21/h5-8,11-12,14-15,17,24H,4,9-10,13,16,18H2,1-3H3,(H,37,38,39)(H,40,41,42). The molecule has 0 bridgehead atoms. The molecule has 1 atom stereocenters. The summed E-state index contributed by atoms with van der Waals surface area (Å²) in [6.45, 7) is 6.56. The summed E-state index contributed by atoms with van der Waals surface area (Å²) in [5.74, 6) is 1.41. The summed E-state index contributed by atoms with van der Waals surface area (Å²) < 4.78 is 46.3. The van der Waals surface area contributed by atoms with E-state index in [-0.39, 0.29) is 11.9 Å². The molecule has 0 aliphatic rings. The Labute approximate surface area is 257 Å². The van der Waals surface area contributed by atoms with Crippen molar-refractivity contribution in [3.05, 3.63) is 82.3 Å². The third kappa shape index (κ3) is 6.47. The van der Waals surface area contributed by atoms with Gasteiger partial charge in [-0.25, -0.2) is 19.9 Å². The molecule has 0 fully saturated rings. The van der Waals surface area contributed by atoms with Crippen molar-refractivity contribution in [2.75, 3.05) is 17.2 Å². The summed E-state index contributed by atoms with van der Waals surface area (Å²) >= 11 is 1.36. The van der Waals surface area contributed by atoms with Crippen molar-refractivity contribution in [2.45, 2.75) is 65.1 Å². The van der Waals surface area contributed by atoms with E-state index < -0.39 is 12.6 Å². The van der Waals surface area contributed by atoms with E-state index in [0.29, 0.717) is 57.3 Å². The van der Waals surface area contributed by atoms with Gasteiger partial charge in [0.1, 0.15) is 39.8 Å². The molecule has 11 heteroatoms. The number of aromatic nitrogens is 4. The SMILES string of the molecule is CCCC(Nc1nc(CC(F)(F)F)nc2sc(C)cc12)c1cccc2oc3c(NCCCc4ccccc4)nc(C)nc3c12. The molecule has 0 spiro atoms. The van der Waals surface area contributed by atoms with Crippen LogP contribution in [0.1, 0.15) is 59.9 Å². The van der Waals surface area contributed by atoms with Crippen LogP contribution in [0.25, 0.3) is 32.3 Å². The second kappa shape index (κ2) is 12.4. The van der Waals surface area contributed by atoms with Crippen LogP contribution in [0.15, 0.2) is 59.0 Å². The Kier molecular flexibility index (Phi) is 8.40. The Balaban J connectivity index is 1.36. The molecule has 0 aliphatic heterocycles. The molecule has 0 saturated carbocycles. The number of rotatable bonds is 11. The molecule has 2 N–H and O–H groups in total. The quantitative estimate of drug-likeness (QED) is 0.140. The van der Waals surface area contributed by atoms with E-state index in [1.54, 1.807) is 0 Å². The van der Waals surface area contributed by atoms with Gasteiger partial charge in [0.15, 0.2) is 11.4 Å². The van der Waals surface area contributed by atoms with Crippen LogP contribution in [-0.4, -0.2) is 32.7 Å². The molecule has 1 unspecified atom stereocenters. The third-order valence-corrected chi connectivity index (χ3v) is 8.39. The number of benzene rings is 2. The predicted molar refractivity (Wildman–Crippen MR) is 170 cm³/mol. The topological polar surface area (TPSA) is 88.8 Å². The van der Waals surface area contributed by atoms with Gasteiger partial charge in [0.05, 0.1) is 16.8 Å². The molecule has 6 aromatic rings. The zero-order valence-corrected chi connectivity index (χ0v) is 25.6. The molecule has 2 aromatic carbocycles.